The Hall–Kier alpha value is -3.48. The maximum atomic E-state index is 13.0. The summed E-state index contributed by atoms with van der Waals surface area (Å²) >= 11 is 0. The van der Waals surface area contributed by atoms with Gasteiger partial charge in [0.15, 0.2) is 11.4 Å². The Morgan fingerprint density at radius 2 is 1.83 bits per heavy atom. The molecule has 1 fully saturated rings. The number of amides is 2. The van der Waals surface area contributed by atoms with Gasteiger partial charge in [0.25, 0.3) is 0 Å². The molecule has 150 valence electrons. The lowest BCUT2D eigenvalue weighted by Crippen LogP contribution is -2.45. The number of urea groups is 1. The Morgan fingerprint density at radius 3 is 2.52 bits per heavy atom. The molecule has 10 nitrogen and oxygen atoms in total. The van der Waals surface area contributed by atoms with Crippen LogP contribution in [0.4, 0.5) is 18.0 Å². The monoisotopic (exact) mass is 407 g/mol. The SMILES string of the molecule is O=C1c2ccc(C(F)(F)F)cc2C(=O)c2c1nnn2/N=N/C(=O)N1CCNCC1. The lowest BCUT2D eigenvalue weighted by molar-refractivity contribution is -0.137. The number of hydrogen-bond acceptors (Lipinski definition) is 7. The molecular weight excluding hydrogens is 395 g/mol. The molecule has 2 aliphatic rings. The summed E-state index contributed by atoms with van der Waals surface area (Å²) in [7, 11) is 0. The quantitative estimate of drug-likeness (QED) is 0.607. The van der Waals surface area contributed by atoms with E-state index in [0.29, 0.717) is 43.1 Å². The number of halogens is 3. The third-order valence-corrected chi connectivity index (χ3v) is 4.52. The Morgan fingerprint density at radius 1 is 1.10 bits per heavy atom. The molecule has 1 aromatic heterocycles. The summed E-state index contributed by atoms with van der Waals surface area (Å²) in [6.07, 6.45) is -4.69. The fourth-order valence-electron chi connectivity index (χ4n) is 3.05. The van der Waals surface area contributed by atoms with Gasteiger partial charge >= 0.3 is 12.2 Å². The number of carbonyl (C=O) groups excluding carboxylic acids is 3. The van der Waals surface area contributed by atoms with Gasteiger partial charge in [-0.1, -0.05) is 5.11 Å². The summed E-state index contributed by atoms with van der Waals surface area (Å²) in [6, 6.07) is 1.56. The zero-order valence-corrected chi connectivity index (χ0v) is 14.6. The van der Waals surface area contributed by atoms with Crippen molar-refractivity contribution in [1.29, 1.82) is 0 Å². The van der Waals surface area contributed by atoms with Gasteiger partial charge in [0, 0.05) is 37.3 Å². The summed E-state index contributed by atoms with van der Waals surface area (Å²) < 4.78 is 38.9. The van der Waals surface area contributed by atoms with E-state index in [2.05, 4.69) is 26.0 Å². The first-order valence-corrected chi connectivity index (χ1v) is 8.45. The van der Waals surface area contributed by atoms with Crippen LogP contribution in [0.1, 0.15) is 37.7 Å². The summed E-state index contributed by atoms with van der Waals surface area (Å²) in [5.74, 6) is -1.68. The third-order valence-electron chi connectivity index (χ3n) is 4.52. The third kappa shape index (κ3) is 3.29. The highest BCUT2D eigenvalue weighted by Gasteiger charge is 2.38. The van der Waals surface area contributed by atoms with Gasteiger partial charge in [-0.05, 0) is 28.6 Å². The average molecular weight is 407 g/mol. The normalized spacial score (nSPS) is 16.9. The molecule has 0 radical (unpaired) electrons. The fraction of sp³-hybridized carbons (Fsp3) is 0.312. The number of piperazine rings is 1. The molecule has 0 bridgehead atoms. The number of hydrogen-bond donors (Lipinski definition) is 1. The molecule has 0 saturated carbocycles. The van der Waals surface area contributed by atoms with E-state index in [-0.39, 0.29) is 11.3 Å². The van der Waals surface area contributed by atoms with E-state index >= 15 is 0 Å². The van der Waals surface area contributed by atoms with Crippen LogP contribution in [0, 0.1) is 0 Å². The first-order chi connectivity index (χ1) is 13.8. The predicted molar refractivity (Wildman–Crippen MR) is 88.4 cm³/mol. The number of fused-ring (bicyclic) bond motifs is 2. The van der Waals surface area contributed by atoms with Gasteiger partial charge in [-0.15, -0.1) is 9.89 Å². The van der Waals surface area contributed by atoms with E-state index in [0.717, 1.165) is 6.07 Å². The minimum absolute atomic E-state index is 0.212. The average Bonchev–Trinajstić information content (AvgIpc) is 3.14. The van der Waals surface area contributed by atoms with E-state index < -0.39 is 40.6 Å². The number of ketones is 2. The van der Waals surface area contributed by atoms with Crippen molar-refractivity contribution in [3.05, 3.63) is 46.3 Å². The number of benzene rings is 1. The van der Waals surface area contributed by atoms with Crippen LogP contribution in [0.15, 0.2) is 28.5 Å². The maximum Gasteiger partial charge on any atom is 0.416 e. The number of nitrogens with one attached hydrogen (secondary N) is 1. The molecule has 0 unspecified atom stereocenters. The molecule has 1 aliphatic heterocycles. The van der Waals surface area contributed by atoms with E-state index in [1.807, 2.05) is 0 Å². The zero-order chi connectivity index (χ0) is 20.8. The summed E-state index contributed by atoms with van der Waals surface area (Å²) in [5.41, 5.74) is -2.54. The van der Waals surface area contributed by atoms with E-state index in [1.165, 1.54) is 4.90 Å². The summed E-state index contributed by atoms with van der Waals surface area (Å²) in [6.45, 7) is 2.01. The molecule has 4 rings (SSSR count). The van der Waals surface area contributed by atoms with Gasteiger partial charge in [0.2, 0.25) is 11.6 Å². The molecule has 1 aliphatic carbocycles. The Kier molecular flexibility index (Phi) is 4.45. The molecule has 2 amide bonds. The van der Waals surface area contributed by atoms with Crippen molar-refractivity contribution >= 4 is 17.6 Å². The van der Waals surface area contributed by atoms with E-state index in [4.69, 9.17) is 0 Å². The first kappa shape index (κ1) is 18.9. The molecule has 1 aromatic carbocycles. The van der Waals surface area contributed by atoms with Crippen molar-refractivity contribution in [3.8, 4) is 0 Å². The second kappa shape index (κ2) is 6.84. The van der Waals surface area contributed by atoms with Crippen LogP contribution in [0.3, 0.4) is 0 Å². The molecule has 2 aromatic rings. The van der Waals surface area contributed by atoms with Crippen LogP contribution in [0.2, 0.25) is 0 Å². The van der Waals surface area contributed by atoms with E-state index in [1.54, 1.807) is 0 Å². The molecule has 2 heterocycles. The molecule has 1 N–H and O–H groups in total. The highest BCUT2D eigenvalue weighted by molar-refractivity contribution is 6.27. The molecular formula is C16H12F3N7O3. The summed E-state index contributed by atoms with van der Waals surface area (Å²) in [5, 5.41) is 17.2. The van der Waals surface area contributed by atoms with Gasteiger partial charge in [-0.25, -0.2) is 4.79 Å². The van der Waals surface area contributed by atoms with Gasteiger partial charge in [-0.3, -0.25) is 9.59 Å². The molecule has 0 spiro atoms. The number of carbonyl (C=O) groups is 3. The summed E-state index contributed by atoms with van der Waals surface area (Å²) in [4.78, 5) is 39.3. The first-order valence-electron chi connectivity index (χ1n) is 8.45. The van der Waals surface area contributed by atoms with Gasteiger partial charge < -0.3 is 10.2 Å². The highest BCUT2D eigenvalue weighted by atomic mass is 19.4. The number of alkyl halides is 3. The van der Waals surface area contributed by atoms with Crippen molar-refractivity contribution < 1.29 is 27.6 Å². The van der Waals surface area contributed by atoms with Crippen LogP contribution in [0.5, 0.6) is 0 Å². The van der Waals surface area contributed by atoms with Gasteiger partial charge in [-0.2, -0.15) is 13.2 Å². The second-order valence-electron chi connectivity index (χ2n) is 6.30. The molecule has 0 atom stereocenters. The highest BCUT2D eigenvalue weighted by Crippen LogP contribution is 2.33. The number of aromatic nitrogens is 3. The predicted octanol–water partition coefficient (Wildman–Crippen LogP) is 1.31. The van der Waals surface area contributed by atoms with Gasteiger partial charge in [0.1, 0.15) is 0 Å². The standard InChI is InChI=1S/C16H12F3N7O3/c17-16(18,19)8-1-2-9-10(7-8)14(28)12-11(13(9)27)21-23-26(12)24-22-15(29)25-5-3-20-4-6-25/h1-2,7,20H,3-6H2/b24-22+. The Balaban J connectivity index is 1.68. The second-order valence-corrected chi connectivity index (χ2v) is 6.30. The number of rotatable bonds is 1. The Bertz CT molecular complexity index is 1050. The van der Waals surface area contributed by atoms with Crippen molar-refractivity contribution in [3.63, 3.8) is 0 Å². The van der Waals surface area contributed by atoms with Gasteiger partial charge in [0.05, 0.1) is 5.56 Å². The largest absolute Gasteiger partial charge is 0.416 e. The van der Waals surface area contributed by atoms with Crippen LogP contribution in [-0.4, -0.2) is 63.8 Å². The zero-order valence-electron chi connectivity index (χ0n) is 14.6. The topological polar surface area (TPSA) is 122 Å². The lowest BCUT2D eigenvalue weighted by Gasteiger charge is -2.24. The van der Waals surface area contributed by atoms with Crippen molar-refractivity contribution in [1.82, 2.24) is 25.3 Å². The fourth-order valence-corrected chi connectivity index (χ4v) is 3.05. The van der Waals surface area contributed by atoms with E-state index in [9.17, 15) is 27.6 Å². The van der Waals surface area contributed by atoms with Crippen LogP contribution in [-0.2, 0) is 6.18 Å². The van der Waals surface area contributed by atoms with Crippen molar-refractivity contribution in [2.45, 2.75) is 6.18 Å². The minimum Gasteiger partial charge on any atom is -0.319 e. The lowest BCUT2D eigenvalue weighted by atomic mass is 9.89. The Labute approximate surface area is 160 Å². The maximum absolute atomic E-state index is 13.0. The molecule has 29 heavy (non-hydrogen) atoms. The van der Waals surface area contributed by atoms with Crippen LogP contribution < -0.4 is 5.32 Å². The van der Waals surface area contributed by atoms with Crippen molar-refractivity contribution in [2.24, 2.45) is 10.3 Å². The molecule has 1 saturated heterocycles. The number of nitrogens with zero attached hydrogens (tertiary/aromatic N) is 6. The smallest absolute Gasteiger partial charge is 0.319 e. The van der Waals surface area contributed by atoms with Crippen molar-refractivity contribution in [2.75, 3.05) is 26.2 Å². The molecule has 13 heteroatoms. The van der Waals surface area contributed by atoms with Crippen LogP contribution in [0.25, 0.3) is 0 Å². The van der Waals surface area contributed by atoms with Crippen LogP contribution >= 0.6 is 0 Å². The minimum atomic E-state index is -4.69.